The molecule has 7 nitrogen and oxygen atoms in total. The van der Waals surface area contributed by atoms with E-state index in [-0.39, 0.29) is 5.78 Å². The van der Waals surface area contributed by atoms with Crippen molar-refractivity contribution >= 4 is 12.0 Å². The molecule has 0 spiro atoms. The first-order valence-electron chi connectivity index (χ1n) is 9.15. The van der Waals surface area contributed by atoms with Gasteiger partial charge in [0.2, 0.25) is 11.9 Å². The number of aliphatic imine (C=N–C) groups is 1. The number of ketones is 1. The number of halogens is 1. The third-order valence-electron chi connectivity index (χ3n) is 4.64. The fourth-order valence-corrected chi connectivity index (χ4v) is 3.23. The quantitative estimate of drug-likeness (QED) is 0.672. The monoisotopic (exact) mass is 402 g/mol. The second-order valence-corrected chi connectivity index (χ2v) is 6.84. The summed E-state index contributed by atoms with van der Waals surface area (Å²) in [4.78, 5) is 21.3. The fraction of sp³-hybridized carbons (Fsp3) is 0.0909. The third-order valence-corrected chi connectivity index (χ3v) is 4.64. The molecule has 148 valence electrons. The molecular formula is C22H15FN4O3. The second kappa shape index (κ2) is 7.07. The maximum atomic E-state index is 13.5. The van der Waals surface area contributed by atoms with E-state index in [4.69, 9.17) is 9.47 Å². The van der Waals surface area contributed by atoms with Gasteiger partial charge in [-0.2, -0.15) is 5.10 Å². The van der Waals surface area contributed by atoms with Crippen LogP contribution in [0.1, 0.15) is 5.56 Å². The van der Waals surface area contributed by atoms with E-state index in [1.807, 2.05) is 13.2 Å². The van der Waals surface area contributed by atoms with Crippen molar-refractivity contribution in [2.45, 2.75) is 6.10 Å². The number of hydrogen-bond acceptors (Lipinski definition) is 6. The lowest BCUT2D eigenvalue weighted by atomic mass is 10.1. The van der Waals surface area contributed by atoms with Crippen LogP contribution in [0.2, 0.25) is 0 Å². The van der Waals surface area contributed by atoms with Crippen LogP contribution in [0.25, 0.3) is 11.3 Å². The van der Waals surface area contributed by atoms with Gasteiger partial charge in [0.25, 0.3) is 0 Å². The summed E-state index contributed by atoms with van der Waals surface area (Å²) in [5.41, 5.74) is 2.40. The predicted molar refractivity (Wildman–Crippen MR) is 107 cm³/mol. The molecule has 3 heterocycles. The number of ether oxygens (including phenoxy) is 2. The minimum absolute atomic E-state index is 0.307. The molecule has 0 bridgehead atoms. The molecule has 1 aromatic carbocycles. The van der Waals surface area contributed by atoms with Gasteiger partial charge in [0.05, 0.1) is 17.6 Å². The van der Waals surface area contributed by atoms with Crippen LogP contribution in [0.5, 0.6) is 11.5 Å². The Morgan fingerprint density at radius 1 is 1.20 bits per heavy atom. The molecule has 0 amide bonds. The standard InChI is InChI=1S/C22H15FN4O3/c1-27-12-14(11-26-27)18-7-16(4-5-24-18)29-17-8-19-22(20(28)9-17)30-21-3-2-15(23)6-13(21)10-25-19/h2-12,22H,1H3. The Morgan fingerprint density at radius 2 is 2.10 bits per heavy atom. The first-order chi connectivity index (χ1) is 14.5. The summed E-state index contributed by atoms with van der Waals surface area (Å²) in [5, 5.41) is 4.14. The molecule has 1 aliphatic heterocycles. The number of carbonyl (C=O) groups excluding carboxylic acids is 1. The summed E-state index contributed by atoms with van der Waals surface area (Å²) in [7, 11) is 1.83. The molecule has 1 atom stereocenters. The lowest BCUT2D eigenvalue weighted by Crippen LogP contribution is -2.30. The Morgan fingerprint density at radius 3 is 2.93 bits per heavy atom. The third kappa shape index (κ3) is 3.39. The zero-order valence-corrected chi connectivity index (χ0v) is 15.8. The number of aryl methyl sites for hydroxylation is 1. The van der Waals surface area contributed by atoms with E-state index in [2.05, 4.69) is 15.1 Å². The van der Waals surface area contributed by atoms with Gasteiger partial charge in [-0.05, 0) is 24.3 Å². The van der Waals surface area contributed by atoms with Gasteiger partial charge in [-0.3, -0.25) is 19.5 Å². The molecule has 1 aliphatic carbocycles. The average molecular weight is 402 g/mol. The topological polar surface area (TPSA) is 78.6 Å². The number of fused-ring (bicyclic) bond motifs is 2. The highest BCUT2D eigenvalue weighted by Crippen LogP contribution is 2.30. The van der Waals surface area contributed by atoms with E-state index in [9.17, 15) is 9.18 Å². The van der Waals surface area contributed by atoms with Crippen LogP contribution in [0.4, 0.5) is 4.39 Å². The van der Waals surface area contributed by atoms with E-state index in [0.717, 1.165) is 5.56 Å². The lowest BCUT2D eigenvalue weighted by molar-refractivity contribution is -0.119. The molecular weight excluding hydrogens is 387 g/mol. The predicted octanol–water partition coefficient (Wildman–Crippen LogP) is 3.23. The van der Waals surface area contributed by atoms with Gasteiger partial charge >= 0.3 is 0 Å². The Bertz CT molecular complexity index is 1260. The maximum Gasteiger partial charge on any atom is 0.206 e. The summed E-state index contributed by atoms with van der Waals surface area (Å²) >= 11 is 0. The summed E-state index contributed by atoms with van der Waals surface area (Å²) in [6.07, 6.45) is 8.76. The van der Waals surface area contributed by atoms with Gasteiger partial charge in [0.15, 0.2) is 0 Å². The van der Waals surface area contributed by atoms with E-state index < -0.39 is 11.9 Å². The lowest BCUT2D eigenvalue weighted by Gasteiger charge is -2.20. The molecule has 0 fully saturated rings. The number of nitrogens with zero attached hydrogens (tertiary/aromatic N) is 4. The number of hydrogen-bond donors (Lipinski definition) is 0. The highest BCUT2D eigenvalue weighted by Gasteiger charge is 2.30. The first-order valence-corrected chi connectivity index (χ1v) is 9.15. The molecule has 0 radical (unpaired) electrons. The molecule has 1 unspecified atom stereocenters. The Balaban J connectivity index is 1.42. The Labute approximate surface area is 170 Å². The van der Waals surface area contributed by atoms with Crippen LogP contribution >= 0.6 is 0 Å². The molecule has 5 rings (SSSR count). The van der Waals surface area contributed by atoms with Gasteiger partial charge in [-0.15, -0.1) is 0 Å². The van der Waals surface area contributed by atoms with Crippen LogP contribution < -0.4 is 9.47 Å². The number of carbonyl (C=O) groups is 1. The van der Waals surface area contributed by atoms with Crippen molar-refractivity contribution in [3.05, 3.63) is 83.9 Å². The number of aromatic nitrogens is 3. The number of pyridine rings is 1. The Kier molecular flexibility index (Phi) is 4.24. The van der Waals surface area contributed by atoms with Crippen LogP contribution in [0.3, 0.4) is 0 Å². The number of rotatable bonds is 3. The number of allylic oxidation sites excluding steroid dienone is 1. The van der Waals surface area contributed by atoms with Crippen LogP contribution in [0.15, 0.2) is 77.5 Å². The molecule has 3 aromatic rings. The van der Waals surface area contributed by atoms with Crippen molar-refractivity contribution in [2.24, 2.45) is 12.0 Å². The van der Waals surface area contributed by atoms with Crippen molar-refractivity contribution < 1.29 is 18.7 Å². The van der Waals surface area contributed by atoms with Crippen molar-refractivity contribution in [3.8, 4) is 22.8 Å². The van der Waals surface area contributed by atoms with E-state index in [1.54, 1.807) is 35.3 Å². The second-order valence-electron chi connectivity index (χ2n) is 6.84. The van der Waals surface area contributed by atoms with E-state index >= 15 is 0 Å². The average Bonchev–Trinajstić information content (AvgIpc) is 3.07. The fourth-order valence-electron chi connectivity index (χ4n) is 3.23. The SMILES string of the molecule is Cn1cc(-c2cc(OC3=CC(=O)C4Oc5ccc(F)cc5C=NC4=C3)ccn2)cn1. The molecule has 0 saturated heterocycles. The summed E-state index contributed by atoms with van der Waals surface area (Å²) in [6, 6.07) is 7.53. The van der Waals surface area contributed by atoms with E-state index in [1.165, 1.54) is 30.5 Å². The van der Waals surface area contributed by atoms with Crippen LogP contribution in [-0.4, -0.2) is 32.9 Å². The summed E-state index contributed by atoms with van der Waals surface area (Å²) < 4.78 is 26.8. The van der Waals surface area contributed by atoms with Gasteiger partial charge in [0, 0.05) is 55.0 Å². The Hall–Kier alpha value is -4.07. The largest absolute Gasteiger partial charge is 0.475 e. The van der Waals surface area contributed by atoms with Crippen molar-refractivity contribution in [1.29, 1.82) is 0 Å². The van der Waals surface area contributed by atoms with Crippen LogP contribution in [-0.2, 0) is 11.8 Å². The minimum Gasteiger partial charge on any atom is -0.475 e. The van der Waals surface area contributed by atoms with Gasteiger partial charge in [-0.1, -0.05) is 0 Å². The summed E-state index contributed by atoms with van der Waals surface area (Å²) in [6.45, 7) is 0. The summed E-state index contributed by atoms with van der Waals surface area (Å²) in [5.74, 6) is 0.529. The molecule has 0 saturated carbocycles. The minimum atomic E-state index is -0.899. The van der Waals surface area contributed by atoms with Crippen molar-refractivity contribution in [2.75, 3.05) is 0 Å². The van der Waals surface area contributed by atoms with Crippen LogP contribution in [0, 0.1) is 5.82 Å². The maximum absolute atomic E-state index is 13.5. The molecule has 8 heteroatoms. The highest BCUT2D eigenvalue weighted by atomic mass is 19.1. The van der Waals surface area contributed by atoms with Gasteiger partial charge in [0.1, 0.15) is 23.1 Å². The highest BCUT2D eigenvalue weighted by molar-refractivity contribution is 5.99. The van der Waals surface area contributed by atoms with E-state index in [0.29, 0.717) is 34.2 Å². The molecule has 30 heavy (non-hydrogen) atoms. The first kappa shape index (κ1) is 18.0. The zero-order valence-electron chi connectivity index (χ0n) is 15.8. The molecule has 2 aliphatic rings. The zero-order chi connectivity index (χ0) is 20.7. The molecule has 0 N–H and O–H groups in total. The number of benzene rings is 1. The smallest absolute Gasteiger partial charge is 0.206 e. The normalized spacial score (nSPS) is 17.3. The van der Waals surface area contributed by atoms with Gasteiger partial charge < -0.3 is 9.47 Å². The van der Waals surface area contributed by atoms with Crippen molar-refractivity contribution in [3.63, 3.8) is 0 Å². The van der Waals surface area contributed by atoms with Gasteiger partial charge in [-0.25, -0.2) is 4.39 Å². The molecule has 2 aromatic heterocycles. The van der Waals surface area contributed by atoms with Crippen molar-refractivity contribution in [1.82, 2.24) is 14.8 Å².